The van der Waals surface area contributed by atoms with E-state index in [1.165, 1.54) is 89.9 Å². The van der Waals surface area contributed by atoms with Gasteiger partial charge in [0.25, 0.3) is 0 Å². The molecule has 0 aliphatic heterocycles. The number of hydrogen-bond acceptors (Lipinski definition) is 2. The summed E-state index contributed by atoms with van der Waals surface area (Å²) in [6.45, 7) is 4.51. The van der Waals surface area contributed by atoms with Crippen LogP contribution >= 0.6 is 0 Å². The van der Waals surface area contributed by atoms with Crippen LogP contribution in [0.25, 0.3) is 0 Å². The fraction of sp³-hybridized carbons (Fsp3) is 1.00. The third-order valence-corrected chi connectivity index (χ3v) is 4.07. The summed E-state index contributed by atoms with van der Waals surface area (Å²) in [4.78, 5) is 0. The van der Waals surface area contributed by atoms with Gasteiger partial charge in [-0.3, -0.25) is 0 Å². The Morgan fingerprint density at radius 1 is 0.435 bits per heavy atom. The average molecular weight is 469 g/mol. The first kappa shape index (κ1) is 35.6. The minimum atomic E-state index is 0. The van der Waals surface area contributed by atoms with E-state index in [4.69, 9.17) is 25.3 Å². The Morgan fingerprint density at radius 3 is 0.870 bits per heavy atom. The van der Waals surface area contributed by atoms with Crippen LogP contribution in [0, 0.1) is 0 Å². The molecule has 0 aromatic heterocycles. The number of hydrogen-bond donors (Lipinski definition) is 0. The second kappa shape index (κ2) is 38.8. The predicted molar refractivity (Wildman–Crippen MR) is 120 cm³/mol. The summed E-state index contributed by atoms with van der Waals surface area (Å²) in [5, 5.41) is 0. The fourth-order valence-corrected chi connectivity index (χ4v) is 2.53. The number of unbranched alkanes of at least 4 members (excludes halogenated alkanes) is 12. The summed E-state index contributed by atoms with van der Waals surface area (Å²) in [5.41, 5.74) is 0. The van der Waals surface area contributed by atoms with Crippen LogP contribution in [0.5, 0.6) is 0 Å². The Morgan fingerprint density at radius 2 is 0.652 bits per heavy atom. The molecule has 0 saturated carbocycles. The zero-order valence-electron chi connectivity index (χ0n) is 14.6. The maximum Gasteiger partial charge on any atom is 2.00 e. The third-order valence-electron chi connectivity index (χ3n) is 3.50. The van der Waals surface area contributed by atoms with Crippen LogP contribution in [0.4, 0.5) is 0 Å². The Hall–Kier alpha value is 1.50. The molecule has 0 fully saturated rings. The van der Waals surface area contributed by atoms with Crippen molar-refractivity contribution in [2.75, 3.05) is 11.5 Å². The predicted octanol–water partition coefficient (Wildman–Crippen LogP) is 7.46. The van der Waals surface area contributed by atoms with E-state index < -0.39 is 0 Å². The van der Waals surface area contributed by atoms with Crippen LogP contribution in [-0.2, 0) is 25.3 Å². The molecule has 3 heteroatoms. The Balaban J connectivity index is -0.0000000831. The summed E-state index contributed by atoms with van der Waals surface area (Å²) < 4.78 is 0. The van der Waals surface area contributed by atoms with E-state index in [9.17, 15) is 0 Å². The molecular weight excluding hydrogens is 423 g/mol. The van der Waals surface area contributed by atoms with Gasteiger partial charge in [0.05, 0.1) is 0 Å². The molecule has 0 saturated heterocycles. The topological polar surface area (TPSA) is 0 Å². The van der Waals surface area contributed by atoms with Crippen molar-refractivity contribution in [3.05, 3.63) is 0 Å². The molecule has 0 amide bonds. The summed E-state index contributed by atoms with van der Waals surface area (Å²) in [6.07, 6.45) is 19.2. The molecule has 0 N–H and O–H groups in total. The maximum atomic E-state index is 4.85. The van der Waals surface area contributed by atoms with Gasteiger partial charge in [-0.2, -0.15) is 11.5 Å². The van der Waals surface area contributed by atoms with Crippen molar-refractivity contribution < 1.29 is 0 Å². The molecule has 0 unspecified atom stereocenters. The van der Waals surface area contributed by atoms with E-state index in [0.29, 0.717) is 0 Å². The monoisotopic (exact) mass is 470 g/mol. The summed E-state index contributed by atoms with van der Waals surface area (Å²) in [7, 11) is 0. The molecule has 0 aliphatic carbocycles. The van der Waals surface area contributed by atoms with Crippen molar-refractivity contribution in [3.8, 4) is 0 Å². The van der Waals surface area contributed by atoms with Crippen LogP contribution in [0.15, 0.2) is 0 Å². The third kappa shape index (κ3) is 45.2. The average Bonchev–Trinajstić information content (AvgIpc) is 2.47. The minimum absolute atomic E-state index is 0. The second-order valence-electron chi connectivity index (χ2n) is 5.65. The SMILES string of the molecule is C.C.CCCCCCCCC[S-].CCCCCCCCC[S-].[Sn+2]. The van der Waals surface area contributed by atoms with E-state index in [1.54, 1.807) is 0 Å². The van der Waals surface area contributed by atoms with Gasteiger partial charge >= 0.3 is 23.9 Å². The van der Waals surface area contributed by atoms with Crippen LogP contribution in [0.3, 0.4) is 0 Å². The van der Waals surface area contributed by atoms with Gasteiger partial charge in [0.2, 0.25) is 0 Å². The van der Waals surface area contributed by atoms with Crippen LogP contribution < -0.4 is 0 Å². The van der Waals surface area contributed by atoms with Crippen molar-refractivity contribution >= 4 is 49.2 Å². The minimum Gasteiger partial charge on any atom is -0.793 e. The Bertz CT molecular complexity index is 112. The fourth-order valence-electron chi connectivity index (χ4n) is 2.12. The quantitative estimate of drug-likeness (QED) is 0.147. The van der Waals surface area contributed by atoms with E-state index in [0.717, 1.165) is 11.5 Å². The molecule has 142 valence electrons. The van der Waals surface area contributed by atoms with E-state index in [1.807, 2.05) is 0 Å². The largest absolute Gasteiger partial charge is 2.00 e. The summed E-state index contributed by atoms with van der Waals surface area (Å²) >= 11 is 9.71. The van der Waals surface area contributed by atoms with Gasteiger partial charge in [-0.25, -0.2) is 0 Å². The molecule has 0 nitrogen and oxygen atoms in total. The normalized spacial score (nSPS) is 8.87. The first-order valence-electron chi connectivity index (χ1n) is 8.99. The first-order chi connectivity index (χ1) is 9.83. The maximum absolute atomic E-state index is 4.85. The van der Waals surface area contributed by atoms with Crippen molar-refractivity contribution in [1.82, 2.24) is 0 Å². The molecule has 0 spiro atoms. The molecule has 23 heavy (non-hydrogen) atoms. The summed E-state index contributed by atoms with van der Waals surface area (Å²) in [6, 6.07) is 0. The van der Waals surface area contributed by atoms with Crippen molar-refractivity contribution in [2.24, 2.45) is 0 Å². The second-order valence-corrected chi connectivity index (χ2v) is 6.47. The van der Waals surface area contributed by atoms with Crippen LogP contribution in [-0.4, -0.2) is 35.4 Å². The van der Waals surface area contributed by atoms with E-state index in [2.05, 4.69) is 13.8 Å². The molecule has 0 atom stereocenters. The van der Waals surface area contributed by atoms with Crippen LogP contribution in [0.2, 0.25) is 0 Å². The van der Waals surface area contributed by atoms with Gasteiger partial charge in [0.1, 0.15) is 0 Å². The molecule has 0 heterocycles. The van der Waals surface area contributed by atoms with E-state index >= 15 is 0 Å². The zero-order chi connectivity index (χ0) is 15.3. The van der Waals surface area contributed by atoms with Gasteiger partial charge in [-0.1, -0.05) is 119 Å². The smallest absolute Gasteiger partial charge is 0.793 e. The van der Waals surface area contributed by atoms with Gasteiger partial charge in [-0.05, 0) is 0 Å². The van der Waals surface area contributed by atoms with Gasteiger partial charge in [0, 0.05) is 0 Å². The van der Waals surface area contributed by atoms with Crippen molar-refractivity contribution in [3.63, 3.8) is 0 Å². The molecular formula is C20H46S2Sn. The molecule has 0 rings (SSSR count). The standard InChI is InChI=1S/2C9H20S.2CH4.Sn/c2*1-2-3-4-5-6-7-8-9-10;;;/h2*10H,2-9H2,1H3;2*1H4;/q;;;;+2/p-2. The van der Waals surface area contributed by atoms with E-state index in [-0.39, 0.29) is 38.8 Å². The number of rotatable bonds is 14. The van der Waals surface area contributed by atoms with Crippen molar-refractivity contribution in [1.29, 1.82) is 0 Å². The molecule has 0 aromatic rings. The molecule has 0 aromatic carbocycles. The molecule has 2 radical (unpaired) electrons. The molecule has 0 bridgehead atoms. The van der Waals surface area contributed by atoms with Gasteiger partial charge in [0.15, 0.2) is 0 Å². The zero-order valence-corrected chi connectivity index (χ0v) is 19.1. The summed E-state index contributed by atoms with van der Waals surface area (Å²) in [5.74, 6) is 1.90. The molecule has 0 aliphatic rings. The van der Waals surface area contributed by atoms with Gasteiger partial charge in [-0.15, -0.1) is 0 Å². The Labute approximate surface area is 178 Å². The first-order valence-corrected chi connectivity index (χ1v) is 10.1. The van der Waals surface area contributed by atoms with Crippen LogP contribution in [0.1, 0.15) is 119 Å². The van der Waals surface area contributed by atoms with Gasteiger partial charge < -0.3 is 25.3 Å². The van der Waals surface area contributed by atoms with Crippen molar-refractivity contribution in [2.45, 2.75) is 119 Å². The Kier molecular flexibility index (Phi) is 60.1.